The summed E-state index contributed by atoms with van der Waals surface area (Å²) in [5.41, 5.74) is 0. The first-order valence-electron chi connectivity index (χ1n) is 6.57. The van der Waals surface area contributed by atoms with Crippen LogP contribution in [0.15, 0.2) is 72.8 Å². The Morgan fingerprint density at radius 1 is 0.650 bits per heavy atom. The first-order valence-corrected chi connectivity index (χ1v) is 7.79. The summed E-state index contributed by atoms with van der Waals surface area (Å²) in [6.07, 6.45) is 0. The molecule has 1 nitrogen and oxygen atoms in total. The molecule has 1 aromatic heterocycles. The van der Waals surface area contributed by atoms with Crippen LogP contribution in [0.2, 0.25) is 0 Å². The molecule has 0 aliphatic carbocycles. The third kappa shape index (κ3) is 1.55. The lowest BCUT2D eigenvalue weighted by atomic mass is 10.1. The predicted molar refractivity (Wildman–Crippen MR) is 86.9 cm³/mol. The average Bonchev–Trinajstić information content (AvgIpc) is 2.84. The van der Waals surface area contributed by atoms with E-state index in [4.69, 9.17) is 0 Å². The molecule has 0 saturated heterocycles. The number of aromatic hydroxyl groups is 1. The quantitative estimate of drug-likeness (QED) is 0.459. The van der Waals surface area contributed by atoms with Crippen LogP contribution < -0.4 is 0 Å². The van der Waals surface area contributed by atoms with Crippen LogP contribution in [0.5, 0.6) is 5.75 Å². The minimum atomic E-state index is -0.111. The van der Waals surface area contributed by atoms with Gasteiger partial charge in [-0.2, -0.15) is 0 Å². The van der Waals surface area contributed by atoms with Gasteiger partial charge < -0.3 is 5.11 Å². The largest absolute Gasteiger partial charge is 0.507 e. The summed E-state index contributed by atoms with van der Waals surface area (Å²) in [4.78, 5) is 1.30. The summed E-state index contributed by atoms with van der Waals surface area (Å²) in [6.45, 7) is 0. The summed E-state index contributed by atoms with van der Waals surface area (Å²) in [7, 11) is -0.111. The van der Waals surface area contributed by atoms with E-state index in [2.05, 4.69) is 48.5 Å². The lowest BCUT2D eigenvalue weighted by Gasteiger charge is -1.93. The highest BCUT2D eigenvalue weighted by Crippen LogP contribution is 2.50. The summed E-state index contributed by atoms with van der Waals surface area (Å²) in [5.74, 6) is 0.376. The van der Waals surface area contributed by atoms with Gasteiger partial charge in [0, 0.05) is 10.5 Å². The van der Waals surface area contributed by atoms with Crippen LogP contribution in [0.4, 0.5) is 0 Å². The normalized spacial score (nSPS) is 12.1. The predicted octanol–water partition coefficient (Wildman–Crippen LogP) is 5.44. The Kier molecular flexibility index (Phi) is 2.51. The number of thiophene rings is 1. The second-order valence-corrected chi connectivity index (χ2v) is 6.73. The molecule has 1 heterocycles. The Bertz CT molecular complexity index is 907. The molecule has 0 saturated carbocycles. The van der Waals surface area contributed by atoms with E-state index in [0.717, 1.165) is 10.8 Å². The third-order valence-corrected chi connectivity index (χ3v) is 5.90. The van der Waals surface area contributed by atoms with Crippen molar-refractivity contribution >= 4 is 30.6 Å². The Balaban J connectivity index is 2.26. The number of rotatable bonds is 1. The third-order valence-electron chi connectivity index (χ3n) is 3.58. The standard InChI is InChI=1S/C18H12OS/c19-15-10-6-12-17-18(15)14-9-4-5-11-16(14)20(17)13-7-2-1-3-8-13/h1-12H/p+1. The number of fused-ring (bicyclic) bond motifs is 3. The fraction of sp³-hybridized carbons (Fsp3) is 0. The van der Waals surface area contributed by atoms with Gasteiger partial charge in [-0.05, 0) is 36.4 Å². The van der Waals surface area contributed by atoms with Crippen molar-refractivity contribution in [3.8, 4) is 10.6 Å². The molecule has 1 atom stereocenters. The van der Waals surface area contributed by atoms with Gasteiger partial charge >= 0.3 is 0 Å². The topological polar surface area (TPSA) is 20.2 Å². The summed E-state index contributed by atoms with van der Waals surface area (Å²) >= 11 is 0. The molecule has 0 bridgehead atoms. The van der Waals surface area contributed by atoms with E-state index < -0.39 is 0 Å². The van der Waals surface area contributed by atoms with Crippen molar-refractivity contribution in [3.05, 3.63) is 72.8 Å². The van der Waals surface area contributed by atoms with Crippen LogP contribution >= 0.6 is 10.5 Å². The lowest BCUT2D eigenvalue weighted by Crippen LogP contribution is -1.69. The van der Waals surface area contributed by atoms with Crippen LogP contribution in [-0.2, 0) is 0 Å². The number of benzene rings is 3. The molecular formula is C18H13OS+. The molecule has 1 N–H and O–H groups in total. The molecule has 4 aromatic rings. The highest BCUT2D eigenvalue weighted by atomic mass is 32.2. The van der Waals surface area contributed by atoms with Gasteiger partial charge in [-0.25, -0.2) is 0 Å². The van der Waals surface area contributed by atoms with Crippen LogP contribution in [-0.4, -0.2) is 5.11 Å². The Labute approximate surface area is 119 Å². The zero-order chi connectivity index (χ0) is 13.5. The molecule has 3 aromatic carbocycles. The van der Waals surface area contributed by atoms with Gasteiger partial charge in [-0.15, -0.1) is 0 Å². The Hall–Kier alpha value is -2.32. The van der Waals surface area contributed by atoms with Gasteiger partial charge in [0.25, 0.3) is 0 Å². The zero-order valence-corrected chi connectivity index (χ0v) is 11.6. The minimum absolute atomic E-state index is 0.111. The van der Waals surface area contributed by atoms with Gasteiger partial charge in [-0.1, -0.05) is 36.4 Å². The first-order chi connectivity index (χ1) is 9.86. The molecule has 96 valence electrons. The van der Waals surface area contributed by atoms with Crippen molar-refractivity contribution < 1.29 is 5.11 Å². The van der Waals surface area contributed by atoms with E-state index >= 15 is 0 Å². The summed E-state index contributed by atoms with van der Waals surface area (Å²) in [5, 5.41) is 12.4. The highest BCUT2D eigenvalue weighted by Gasteiger charge is 2.24. The van der Waals surface area contributed by atoms with Crippen molar-refractivity contribution in [2.75, 3.05) is 0 Å². The van der Waals surface area contributed by atoms with Gasteiger partial charge in [0.05, 0.1) is 10.8 Å². The molecule has 0 aliphatic heterocycles. The number of phenols is 1. The van der Waals surface area contributed by atoms with Crippen molar-refractivity contribution in [1.29, 1.82) is 0 Å². The Morgan fingerprint density at radius 3 is 2.20 bits per heavy atom. The second kappa shape index (κ2) is 4.36. The maximum atomic E-state index is 10.2. The van der Waals surface area contributed by atoms with Crippen LogP contribution in [0.3, 0.4) is 0 Å². The number of hydrogen-bond acceptors (Lipinski definition) is 1. The smallest absolute Gasteiger partial charge is 0.191 e. The van der Waals surface area contributed by atoms with E-state index in [1.807, 2.05) is 18.2 Å². The number of hydrogen-bond donors (Lipinski definition) is 1. The van der Waals surface area contributed by atoms with Crippen LogP contribution in [0, 0.1) is 0 Å². The average molecular weight is 277 g/mol. The lowest BCUT2D eigenvalue weighted by molar-refractivity contribution is 0.482. The molecule has 20 heavy (non-hydrogen) atoms. The molecule has 0 amide bonds. The van der Waals surface area contributed by atoms with Crippen molar-refractivity contribution in [3.63, 3.8) is 0 Å². The fourth-order valence-electron chi connectivity index (χ4n) is 2.74. The summed E-state index contributed by atoms with van der Waals surface area (Å²) < 4.78 is 2.52. The number of phenolic OH excluding ortho intramolecular Hbond substituents is 1. The molecule has 0 radical (unpaired) electrons. The maximum absolute atomic E-state index is 10.2. The van der Waals surface area contributed by atoms with Gasteiger partial charge in [0.15, 0.2) is 14.3 Å². The van der Waals surface area contributed by atoms with Gasteiger partial charge in [0.1, 0.15) is 5.75 Å². The van der Waals surface area contributed by atoms with Gasteiger partial charge in [-0.3, -0.25) is 0 Å². The van der Waals surface area contributed by atoms with Crippen LogP contribution in [0.25, 0.3) is 25.1 Å². The van der Waals surface area contributed by atoms with Crippen molar-refractivity contribution in [2.24, 2.45) is 0 Å². The molecular weight excluding hydrogens is 264 g/mol. The fourth-order valence-corrected chi connectivity index (χ4v) is 5.15. The molecule has 0 spiro atoms. The molecule has 0 aliphatic rings. The SMILES string of the molecule is Oc1cccc2c1c1ccccc1[s+]2-c1ccccc1. The van der Waals surface area contributed by atoms with Gasteiger partial charge in [0.2, 0.25) is 0 Å². The Morgan fingerprint density at radius 2 is 1.35 bits per heavy atom. The van der Waals surface area contributed by atoms with E-state index in [0.29, 0.717) is 5.75 Å². The molecule has 1 unspecified atom stereocenters. The molecule has 2 heteroatoms. The molecule has 0 fully saturated rings. The second-order valence-electron chi connectivity index (χ2n) is 4.77. The van der Waals surface area contributed by atoms with Crippen molar-refractivity contribution in [1.82, 2.24) is 0 Å². The van der Waals surface area contributed by atoms with Crippen LogP contribution in [0.1, 0.15) is 0 Å². The van der Waals surface area contributed by atoms with E-state index in [1.54, 1.807) is 6.07 Å². The van der Waals surface area contributed by atoms with Crippen molar-refractivity contribution in [2.45, 2.75) is 0 Å². The highest BCUT2D eigenvalue weighted by molar-refractivity contribution is 7.50. The van der Waals surface area contributed by atoms with E-state index in [9.17, 15) is 5.11 Å². The van der Waals surface area contributed by atoms with E-state index in [1.165, 1.54) is 14.3 Å². The zero-order valence-electron chi connectivity index (χ0n) is 10.8. The summed E-state index contributed by atoms with van der Waals surface area (Å²) in [6, 6.07) is 24.7. The monoisotopic (exact) mass is 277 g/mol. The van der Waals surface area contributed by atoms with E-state index in [-0.39, 0.29) is 10.5 Å². The first kappa shape index (κ1) is 11.5. The molecule has 4 rings (SSSR count). The minimum Gasteiger partial charge on any atom is -0.507 e. The maximum Gasteiger partial charge on any atom is 0.191 e.